The molecular weight excluding hydrogens is 256 g/mol. The lowest BCUT2D eigenvalue weighted by atomic mass is 10.2. The molecule has 0 unspecified atom stereocenters. The van der Waals surface area contributed by atoms with Gasteiger partial charge in [-0.25, -0.2) is 4.98 Å². The Balaban J connectivity index is 1.70. The summed E-state index contributed by atoms with van der Waals surface area (Å²) in [7, 11) is 1.68. The molecule has 96 valence electrons. The minimum Gasteiger partial charge on any atom is -0.497 e. The van der Waals surface area contributed by atoms with Gasteiger partial charge in [0.25, 0.3) is 0 Å². The van der Waals surface area contributed by atoms with Gasteiger partial charge in [0, 0.05) is 18.1 Å². The molecular formula is C15H14N2OS. The molecule has 0 aliphatic carbocycles. The van der Waals surface area contributed by atoms with Crippen LogP contribution < -0.4 is 4.74 Å². The minimum absolute atomic E-state index is 0.890. The van der Waals surface area contributed by atoms with Gasteiger partial charge < -0.3 is 9.14 Å². The molecule has 0 radical (unpaired) electrons. The van der Waals surface area contributed by atoms with E-state index in [9.17, 15) is 0 Å². The van der Waals surface area contributed by atoms with Crippen LogP contribution in [-0.2, 0) is 5.75 Å². The van der Waals surface area contributed by atoms with Gasteiger partial charge in [-0.3, -0.25) is 0 Å². The van der Waals surface area contributed by atoms with E-state index in [-0.39, 0.29) is 0 Å². The van der Waals surface area contributed by atoms with Crippen molar-refractivity contribution in [3.8, 4) is 5.75 Å². The van der Waals surface area contributed by atoms with Crippen LogP contribution in [0.3, 0.4) is 0 Å². The predicted molar refractivity (Wildman–Crippen MR) is 77.7 cm³/mol. The van der Waals surface area contributed by atoms with E-state index in [2.05, 4.69) is 23.3 Å². The number of aromatic nitrogens is 2. The summed E-state index contributed by atoms with van der Waals surface area (Å²) < 4.78 is 7.19. The Hall–Kier alpha value is -1.94. The maximum Gasteiger partial charge on any atom is 0.138 e. The van der Waals surface area contributed by atoms with Crippen LogP contribution in [0.25, 0.3) is 5.65 Å². The van der Waals surface area contributed by atoms with Crippen LogP contribution in [-0.4, -0.2) is 16.5 Å². The highest BCUT2D eigenvalue weighted by molar-refractivity contribution is 7.98. The Bertz CT molecular complexity index is 643. The molecule has 2 aromatic heterocycles. The van der Waals surface area contributed by atoms with Crippen molar-refractivity contribution in [2.45, 2.75) is 10.8 Å². The standard InChI is InChI=1S/C15H14N2OS/c1-18-13-7-5-12(6-8-13)11-19-15-10-17-9-3-2-4-14(17)16-15/h2-10H,11H2,1H3. The van der Waals surface area contributed by atoms with Crippen molar-refractivity contribution in [3.05, 3.63) is 60.4 Å². The van der Waals surface area contributed by atoms with Gasteiger partial charge in [0.05, 0.1) is 7.11 Å². The fourth-order valence-corrected chi connectivity index (χ4v) is 2.71. The van der Waals surface area contributed by atoms with Crippen LogP contribution in [0, 0.1) is 0 Å². The number of fused-ring (bicyclic) bond motifs is 1. The zero-order valence-electron chi connectivity index (χ0n) is 10.6. The third-order valence-electron chi connectivity index (χ3n) is 2.89. The third kappa shape index (κ3) is 2.74. The first-order valence-corrected chi connectivity index (χ1v) is 7.03. The SMILES string of the molecule is COc1ccc(CSc2cn3ccccc3n2)cc1. The summed E-state index contributed by atoms with van der Waals surface area (Å²) in [5.41, 5.74) is 2.25. The lowest BCUT2D eigenvalue weighted by molar-refractivity contribution is 0.414. The van der Waals surface area contributed by atoms with E-state index >= 15 is 0 Å². The average molecular weight is 270 g/mol. The molecule has 3 aromatic rings. The quantitative estimate of drug-likeness (QED) is 0.677. The maximum atomic E-state index is 5.15. The number of hydrogen-bond donors (Lipinski definition) is 0. The summed E-state index contributed by atoms with van der Waals surface area (Å²) in [6.45, 7) is 0. The van der Waals surface area contributed by atoms with E-state index in [0.29, 0.717) is 0 Å². The van der Waals surface area contributed by atoms with Gasteiger partial charge in [-0.1, -0.05) is 18.2 Å². The smallest absolute Gasteiger partial charge is 0.138 e. The summed E-state index contributed by atoms with van der Waals surface area (Å²) in [6, 6.07) is 14.2. The summed E-state index contributed by atoms with van der Waals surface area (Å²) in [5.74, 6) is 1.80. The molecule has 0 spiro atoms. The van der Waals surface area contributed by atoms with Gasteiger partial charge in [0.1, 0.15) is 16.4 Å². The fourth-order valence-electron chi connectivity index (χ4n) is 1.86. The largest absolute Gasteiger partial charge is 0.497 e. The fraction of sp³-hybridized carbons (Fsp3) is 0.133. The number of rotatable bonds is 4. The van der Waals surface area contributed by atoms with Crippen molar-refractivity contribution in [1.82, 2.24) is 9.38 Å². The Labute approximate surface area is 116 Å². The monoisotopic (exact) mass is 270 g/mol. The molecule has 0 aliphatic heterocycles. The van der Waals surface area contributed by atoms with Crippen LogP contribution in [0.15, 0.2) is 59.9 Å². The number of benzene rings is 1. The summed E-state index contributed by atoms with van der Waals surface area (Å²) in [6.07, 6.45) is 4.07. The molecule has 0 atom stereocenters. The Kier molecular flexibility index (Phi) is 3.42. The van der Waals surface area contributed by atoms with Crippen LogP contribution in [0.2, 0.25) is 0 Å². The highest BCUT2D eigenvalue weighted by atomic mass is 32.2. The number of pyridine rings is 1. The van der Waals surface area contributed by atoms with Gasteiger partial charge in [0.2, 0.25) is 0 Å². The van der Waals surface area contributed by atoms with E-state index in [1.807, 2.05) is 40.9 Å². The lowest BCUT2D eigenvalue weighted by Crippen LogP contribution is -1.84. The third-order valence-corrected chi connectivity index (χ3v) is 3.86. The average Bonchev–Trinajstić information content (AvgIpc) is 2.88. The molecule has 0 fully saturated rings. The highest BCUT2D eigenvalue weighted by Crippen LogP contribution is 2.23. The first-order valence-electron chi connectivity index (χ1n) is 6.04. The molecule has 0 aliphatic rings. The Morgan fingerprint density at radius 3 is 2.74 bits per heavy atom. The predicted octanol–water partition coefficient (Wildman–Crippen LogP) is 3.64. The number of hydrogen-bond acceptors (Lipinski definition) is 3. The zero-order chi connectivity index (χ0) is 13.1. The van der Waals surface area contributed by atoms with E-state index in [4.69, 9.17) is 4.74 Å². The van der Waals surface area contributed by atoms with Crippen molar-refractivity contribution in [2.24, 2.45) is 0 Å². The topological polar surface area (TPSA) is 26.5 Å². The first kappa shape index (κ1) is 12.1. The molecule has 0 amide bonds. The van der Waals surface area contributed by atoms with Gasteiger partial charge in [-0.15, -0.1) is 11.8 Å². The van der Waals surface area contributed by atoms with Crippen molar-refractivity contribution in [3.63, 3.8) is 0 Å². The van der Waals surface area contributed by atoms with Crippen LogP contribution in [0.4, 0.5) is 0 Å². The first-order chi connectivity index (χ1) is 9.35. The van der Waals surface area contributed by atoms with Gasteiger partial charge >= 0.3 is 0 Å². The van der Waals surface area contributed by atoms with Crippen LogP contribution in [0.5, 0.6) is 5.75 Å². The lowest BCUT2D eigenvalue weighted by Gasteiger charge is -2.01. The second kappa shape index (κ2) is 5.36. The molecule has 0 saturated heterocycles. The van der Waals surface area contributed by atoms with Crippen molar-refractivity contribution in [1.29, 1.82) is 0 Å². The molecule has 0 saturated carbocycles. The molecule has 19 heavy (non-hydrogen) atoms. The van der Waals surface area contributed by atoms with Gasteiger partial charge in [-0.05, 0) is 29.8 Å². The summed E-state index contributed by atoms with van der Waals surface area (Å²) in [4.78, 5) is 4.56. The maximum absolute atomic E-state index is 5.15. The van der Waals surface area contributed by atoms with Gasteiger partial charge in [0.15, 0.2) is 0 Å². The number of nitrogens with zero attached hydrogens (tertiary/aromatic N) is 2. The van der Waals surface area contributed by atoms with Gasteiger partial charge in [-0.2, -0.15) is 0 Å². The summed E-state index contributed by atoms with van der Waals surface area (Å²) >= 11 is 1.74. The van der Waals surface area contributed by atoms with Crippen molar-refractivity contribution in [2.75, 3.05) is 7.11 Å². The number of imidazole rings is 1. The molecule has 1 aromatic carbocycles. The summed E-state index contributed by atoms with van der Waals surface area (Å²) in [5, 5.41) is 1.04. The Morgan fingerprint density at radius 1 is 1.16 bits per heavy atom. The number of ether oxygens (including phenoxy) is 1. The zero-order valence-corrected chi connectivity index (χ0v) is 11.4. The second-order valence-electron chi connectivity index (χ2n) is 4.18. The van der Waals surface area contributed by atoms with E-state index in [1.54, 1.807) is 18.9 Å². The van der Waals surface area contributed by atoms with Crippen molar-refractivity contribution >= 4 is 17.4 Å². The normalized spacial score (nSPS) is 10.8. The van der Waals surface area contributed by atoms with E-state index in [0.717, 1.165) is 22.2 Å². The molecule has 3 rings (SSSR count). The number of thioether (sulfide) groups is 1. The molecule has 0 bridgehead atoms. The minimum atomic E-state index is 0.890. The molecule has 4 heteroatoms. The van der Waals surface area contributed by atoms with E-state index < -0.39 is 0 Å². The molecule has 2 heterocycles. The van der Waals surface area contributed by atoms with Crippen molar-refractivity contribution < 1.29 is 4.74 Å². The number of methoxy groups -OCH3 is 1. The van der Waals surface area contributed by atoms with Crippen LogP contribution in [0.1, 0.15) is 5.56 Å². The van der Waals surface area contributed by atoms with Crippen LogP contribution >= 0.6 is 11.8 Å². The second-order valence-corrected chi connectivity index (χ2v) is 5.18. The molecule has 0 N–H and O–H groups in total. The Morgan fingerprint density at radius 2 is 2.00 bits per heavy atom. The highest BCUT2D eigenvalue weighted by Gasteiger charge is 2.02. The molecule has 3 nitrogen and oxygen atoms in total. The van der Waals surface area contributed by atoms with E-state index in [1.165, 1.54) is 5.56 Å².